The van der Waals surface area contributed by atoms with Gasteiger partial charge in [0.25, 0.3) is 0 Å². The molecule has 1 aromatic heterocycles. The van der Waals surface area contributed by atoms with Crippen LogP contribution in [0.5, 0.6) is 0 Å². The van der Waals surface area contributed by atoms with Crippen LogP contribution in [0.4, 0.5) is 4.79 Å². The highest BCUT2D eigenvalue weighted by molar-refractivity contribution is 5.73. The van der Waals surface area contributed by atoms with E-state index in [1.165, 1.54) is 25.7 Å². The SMILES string of the molecule is Cc1cc(CN(C)C(=O)NCCCN(C)C2CCCC2)ccn1. The van der Waals surface area contributed by atoms with Crippen molar-refractivity contribution in [2.75, 3.05) is 27.2 Å². The summed E-state index contributed by atoms with van der Waals surface area (Å²) in [5, 5.41) is 3.01. The maximum Gasteiger partial charge on any atom is 0.317 e. The highest BCUT2D eigenvalue weighted by atomic mass is 16.2. The van der Waals surface area contributed by atoms with Crippen LogP contribution >= 0.6 is 0 Å². The monoisotopic (exact) mass is 318 g/mol. The molecule has 1 N–H and O–H groups in total. The molecular weight excluding hydrogens is 288 g/mol. The average Bonchev–Trinajstić information content (AvgIpc) is 3.05. The van der Waals surface area contributed by atoms with Crippen LogP contribution in [0.1, 0.15) is 43.4 Å². The van der Waals surface area contributed by atoms with Crippen molar-refractivity contribution in [1.82, 2.24) is 20.1 Å². The molecule has 5 heteroatoms. The first-order valence-corrected chi connectivity index (χ1v) is 8.67. The van der Waals surface area contributed by atoms with Gasteiger partial charge in [-0.2, -0.15) is 0 Å². The Balaban J connectivity index is 1.63. The fourth-order valence-electron chi connectivity index (χ4n) is 3.23. The van der Waals surface area contributed by atoms with Crippen molar-refractivity contribution in [3.63, 3.8) is 0 Å². The van der Waals surface area contributed by atoms with Crippen LogP contribution in [0.25, 0.3) is 0 Å². The number of hydrogen-bond donors (Lipinski definition) is 1. The number of amides is 2. The Labute approximate surface area is 140 Å². The van der Waals surface area contributed by atoms with E-state index in [9.17, 15) is 4.79 Å². The first kappa shape index (κ1) is 17.7. The fourth-order valence-corrected chi connectivity index (χ4v) is 3.23. The molecule has 2 amide bonds. The molecular formula is C18H30N4O. The summed E-state index contributed by atoms with van der Waals surface area (Å²) in [6.45, 7) is 4.36. The maximum absolute atomic E-state index is 12.1. The normalized spacial score (nSPS) is 15.1. The summed E-state index contributed by atoms with van der Waals surface area (Å²) >= 11 is 0. The molecule has 23 heavy (non-hydrogen) atoms. The van der Waals surface area contributed by atoms with Crippen LogP contribution in [0, 0.1) is 6.92 Å². The van der Waals surface area contributed by atoms with Gasteiger partial charge in [-0.15, -0.1) is 0 Å². The van der Waals surface area contributed by atoms with Gasteiger partial charge in [-0.25, -0.2) is 4.79 Å². The van der Waals surface area contributed by atoms with E-state index in [2.05, 4.69) is 22.2 Å². The van der Waals surface area contributed by atoms with E-state index in [0.29, 0.717) is 6.54 Å². The predicted octanol–water partition coefficient (Wildman–Crippen LogP) is 2.80. The predicted molar refractivity (Wildman–Crippen MR) is 93.3 cm³/mol. The molecule has 0 radical (unpaired) electrons. The number of nitrogens with one attached hydrogen (secondary N) is 1. The van der Waals surface area contributed by atoms with Gasteiger partial charge in [0.2, 0.25) is 0 Å². The van der Waals surface area contributed by atoms with Crippen LogP contribution < -0.4 is 5.32 Å². The molecule has 128 valence electrons. The van der Waals surface area contributed by atoms with E-state index in [1.54, 1.807) is 11.1 Å². The third-order valence-corrected chi connectivity index (χ3v) is 4.64. The van der Waals surface area contributed by atoms with Gasteiger partial charge in [0.15, 0.2) is 0 Å². The van der Waals surface area contributed by atoms with Gasteiger partial charge in [-0.05, 0) is 57.5 Å². The third kappa shape index (κ3) is 5.82. The molecule has 1 saturated carbocycles. The summed E-state index contributed by atoms with van der Waals surface area (Å²) in [5.74, 6) is 0. The lowest BCUT2D eigenvalue weighted by Gasteiger charge is -2.24. The van der Waals surface area contributed by atoms with Crippen LogP contribution in [0.2, 0.25) is 0 Å². The van der Waals surface area contributed by atoms with Crippen molar-refractivity contribution >= 4 is 6.03 Å². The molecule has 0 aliphatic heterocycles. The summed E-state index contributed by atoms with van der Waals surface area (Å²) in [6, 6.07) is 4.71. The highest BCUT2D eigenvalue weighted by Gasteiger charge is 2.18. The number of hydrogen-bond acceptors (Lipinski definition) is 3. The lowest BCUT2D eigenvalue weighted by Crippen LogP contribution is -2.38. The van der Waals surface area contributed by atoms with Crippen LogP contribution in [0.15, 0.2) is 18.3 Å². The molecule has 1 aliphatic rings. The topological polar surface area (TPSA) is 48.5 Å². The maximum atomic E-state index is 12.1. The highest BCUT2D eigenvalue weighted by Crippen LogP contribution is 2.22. The van der Waals surface area contributed by atoms with Crippen LogP contribution in [0.3, 0.4) is 0 Å². The molecule has 1 aromatic rings. The van der Waals surface area contributed by atoms with E-state index >= 15 is 0 Å². The summed E-state index contributed by atoms with van der Waals surface area (Å²) in [6.07, 6.45) is 8.18. The van der Waals surface area contributed by atoms with Gasteiger partial charge in [0.05, 0.1) is 0 Å². The Morgan fingerprint density at radius 3 is 2.78 bits per heavy atom. The molecule has 1 aliphatic carbocycles. The number of urea groups is 1. The van der Waals surface area contributed by atoms with Gasteiger partial charge < -0.3 is 15.1 Å². The Bertz CT molecular complexity index is 500. The molecule has 5 nitrogen and oxygen atoms in total. The molecule has 0 atom stereocenters. The number of pyridine rings is 1. The fraction of sp³-hybridized carbons (Fsp3) is 0.667. The summed E-state index contributed by atoms with van der Waals surface area (Å²) in [4.78, 5) is 20.5. The van der Waals surface area contributed by atoms with E-state index < -0.39 is 0 Å². The largest absolute Gasteiger partial charge is 0.338 e. The van der Waals surface area contributed by atoms with Gasteiger partial charge >= 0.3 is 6.03 Å². The number of carbonyl (C=O) groups is 1. The quantitative estimate of drug-likeness (QED) is 0.787. The first-order valence-electron chi connectivity index (χ1n) is 8.67. The molecule has 1 fully saturated rings. The lowest BCUT2D eigenvalue weighted by atomic mass is 10.2. The van der Waals surface area contributed by atoms with Crippen LogP contribution in [-0.2, 0) is 6.54 Å². The van der Waals surface area contributed by atoms with Gasteiger partial charge in [-0.3, -0.25) is 4.98 Å². The Kier molecular flexibility index (Phi) is 6.84. The second kappa shape index (κ2) is 8.87. The smallest absolute Gasteiger partial charge is 0.317 e. The minimum absolute atomic E-state index is 0.0111. The second-order valence-electron chi connectivity index (χ2n) is 6.67. The molecule has 0 spiro atoms. The van der Waals surface area contributed by atoms with Crippen molar-refractivity contribution in [2.45, 2.75) is 51.6 Å². The summed E-state index contributed by atoms with van der Waals surface area (Å²) in [5.41, 5.74) is 2.09. The Morgan fingerprint density at radius 1 is 1.35 bits per heavy atom. The van der Waals surface area contributed by atoms with Gasteiger partial charge in [0.1, 0.15) is 0 Å². The molecule has 0 aromatic carbocycles. The standard InChI is InChI=1S/C18H30N4O/c1-15-13-16(9-11-19-15)14-22(3)18(23)20-10-6-12-21(2)17-7-4-5-8-17/h9,11,13,17H,4-8,10,12,14H2,1-3H3,(H,20,23). The third-order valence-electron chi connectivity index (χ3n) is 4.64. The molecule has 0 bridgehead atoms. The Hall–Kier alpha value is -1.62. The minimum atomic E-state index is -0.0111. The molecule has 1 heterocycles. The molecule has 0 unspecified atom stereocenters. The van der Waals surface area contributed by atoms with Crippen molar-refractivity contribution in [1.29, 1.82) is 0 Å². The number of rotatable bonds is 7. The zero-order valence-electron chi connectivity index (χ0n) is 14.7. The zero-order valence-corrected chi connectivity index (χ0v) is 14.7. The van der Waals surface area contributed by atoms with E-state index in [-0.39, 0.29) is 6.03 Å². The summed E-state index contributed by atoms with van der Waals surface area (Å²) < 4.78 is 0. The molecule has 0 saturated heterocycles. The zero-order chi connectivity index (χ0) is 16.7. The number of carbonyl (C=O) groups excluding carboxylic acids is 1. The van der Waals surface area contributed by atoms with Crippen molar-refractivity contribution in [3.05, 3.63) is 29.6 Å². The number of nitrogens with zero attached hydrogens (tertiary/aromatic N) is 3. The van der Waals surface area contributed by atoms with Crippen molar-refractivity contribution < 1.29 is 4.79 Å². The number of aryl methyl sites for hydroxylation is 1. The van der Waals surface area contributed by atoms with Gasteiger partial charge in [-0.1, -0.05) is 12.8 Å². The Morgan fingerprint density at radius 2 is 2.09 bits per heavy atom. The van der Waals surface area contributed by atoms with E-state index in [0.717, 1.165) is 36.8 Å². The average molecular weight is 318 g/mol. The van der Waals surface area contributed by atoms with Crippen molar-refractivity contribution in [2.24, 2.45) is 0 Å². The number of aromatic nitrogens is 1. The van der Waals surface area contributed by atoms with E-state index in [4.69, 9.17) is 0 Å². The minimum Gasteiger partial charge on any atom is -0.338 e. The first-order chi connectivity index (χ1) is 11.1. The second-order valence-corrected chi connectivity index (χ2v) is 6.67. The van der Waals surface area contributed by atoms with Crippen molar-refractivity contribution in [3.8, 4) is 0 Å². The van der Waals surface area contributed by atoms with Crippen LogP contribution in [-0.4, -0.2) is 54.0 Å². The molecule has 2 rings (SSSR count). The van der Waals surface area contributed by atoms with Gasteiger partial charge in [0, 0.05) is 38.1 Å². The summed E-state index contributed by atoms with van der Waals surface area (Å²) in [7, 11) is 4.03. The lowest BCUT2D eigenvalue weighted by molar-refractivity contribution is 0.204. The van der Waals surface area contributed by atoms with E-state index in [1.807, 2.05) is 26.1 Å².